The minimum absolute atomic E-state index is 0.470. The molecule has 1 fully saturated rings. The number of piperazine rings is 1. The quantitative estimate of drug-likeness (QED) is 0.686. The van der Waals surface area contributed by atoms with Crippen molar-refractivity contribution in [2.75, 3.05) is 36.4 Å². The van der Waals surface area contributed by atoms with Gasteiger partial charge in [0.2, 0.25) is 0 Å². The fourth-order valence-corrected chi connectivity index (χ4v) is 3.76. The highest BCUT2D eigenvalue weighted by Crippen LogP contribution is 2.35. The number of hydrogen-bond acceptors (Lipinski definition) is 4. The molecule has 1 N–H and O–H groups in total. The number of anilines is 2. The van der Waals surface area contributed by atoms with Gasteiger partial charge < -0.3 is 15.1 Å². The van der Waals surface area contributed by atoms with E-state index in [-0.39, 0.29) is 0 Å². The number of aryl methyl sites for hydroxylation is 2. The summed E-state index contributed by atoms with van der Waals surface area (Å²) >= 11 is 18.5. The Hall–Kier alpha value is -1.62. The van der Waals surface area contributed by atoms with Gasteiger partial charge in [0.1, 0.15) is 5.82 Å². The molecule has 4 nitrogen and oxygen atoms in total. The second-order valence-electron chi connectivity index (χ2n) is 6.43. The molecule has 1 saturated heterocycles. The molecule has 1 aromatic carbocycles. The van der Waals surface area contributed by atoms with Gasteiger partial charge in [0.15, 0.2) is 0 Å². The SMILES string of the molecule is C=C(Nc1cc(C)cc(C)n1)N1CCN(c2cc(Cl)c(Cl)cc2Cl)CC1. The first-order valence-electron chi connectivity index (χ1n) is 8.39. The molecule has 0 bridgehead atoms. The zero-order valence-corrected chi connectivity index (χ0v) is 17.1. The Morgan fingerprint density at radius 3 is 2.27 bits per heavy atom. The highest BCUT2D eigenvalue weighted by molar-refractivity contribution is 6.44. The van der Waals surface area contributed by atoms with Gasteiger partial charge in [0.05, 0.1) is 26.6 Å². The van der Waals surface area contributed by atoms with E-state index in [1.54, 1.807) is 6.07 Å². The van der Waals surface area contributed by atoms with E-state index in [0.717, 1.165) is 49.2 Å². The zero-order chi connectivity index (χ0) is 18.8. The summed E-state index contributed by atoms with van der Waals surface area (Å²) in [4.78, 5) is 8.93. The third-order valence-electron chi connectivity index (χ3n) is 4.36. The number of nitrogens with zero attached hydrogens (tertiary/aromatic N) is 3. The van der Waals surface area contributed by atoms with E-state index in [1.165, 1.54) is 5.56 Å². The van der Waals surface area contributed by atoms with E-state index in [0.29, 0.717) is 15.1 Å². The van der Waals surface area contributed by atoms with Gasteiger partial charge in [-0.05, 0) is 43.7 Å². The number of hydrogen-bond donors (Lipinski definition) is 1. The van der Waals surface area contributed by atoms with Crippen molar-refractivity contribution >= 4 is 46.3 Å². The van der Waals surface area contributed by atoms with Crippen LogP contribution in [0.1, 0.15) is 11.3 Å². The van der Waals surface area contributed by atoms with E-state index in [1.807, 2.05) is 25.1 Å². The van der Waals surface area contributed by atoms with E-state index < -0.39 is 0 Å². The van der Waals surface area contributed by atoms with Crippen LogP contribution >= 0.6 is 34.8 Å². The summed E-state index contributed by atoms with van der Waals surface area (Å²) in [6, 6.07) is 7.59. The first-order valence-corrected chi connectivity index (χ1v) is 9.52. The lowest BCUT2D eigenvalue weighted by Crippen LogP contribution is -2.46. The molecular weight excluding hydrogens is 391 g/mol. The third kappa shape index (κ3) is 4.37. The van der Waals surface area contributed by atoms with Gasteiger partial charge in [-0.1, -0.05) is 41.4 Å². The normalized spacial score (nSPS) is 14.5. The van der Waals surface area contributed by atoms with Gasteiger partial charge in [-0.3, -0.25) is 0 Å². The number of benzene rings is 1. The van der Waals surface area contributed by atoms with E-state index in [4.69, 9.17) is 34.8 Å². The van der Waals surface area contributed by atoms with Crippen molar-refractivity contribution < 1.29 is 0 Å². The molecule has 1 aliphatic heterocycles. The molecule has 1 aromatic heterocycles. The average Bonchev–Trinajstić information content (AvgIpc) is 2.57. The van der Waals surface area contributed by atoms with Crippen LogP contribution in [0.5, 0.6) is 0 Å². The molecule has 3 rings (SSSR count). The summed E-state index contributed by atoms with van der Waals surface area (Å²) in [5.74, 6) is 1.67. The molecule has 138 valence electrons. The van der Waals surface area contributed by atoms with Crippen LogP contribution in [0, 0.1) is 13.8 Å². The molecule has 0 unspecified atom stereocenters. The van der Waals surface area contributed by atoms with Crippen molar-refractivity contribution in [2.24, 2.45) is 0 Å². The third-order valence-corrected chi connectivity index (χ3v) is 5.39. The van der Waals surface area contributed by atoms with Gasteiger partial charge in [-0.2, -0.15) is 0 Å². The Kier molecular flexibility index (Phi) is 5.86. The molecule has 0 atom stereocenters. The maximum atomic E-state index is 6.33. The van der Waals surface area contributed by atoms with Crippen LogP contribution in [-0.2, 0) is 0 Å². The lowest BCUT2D eigenvalue weighted by Gasteiger charge is -2.38. The number of rotatable bonds is 4. The zero-order valence-electron chi connectivity index (χ0n) is 14.8. The smallest absolute Gasteiger partial charge is 0.131 e. The summed E-state index contributed by atoms with van der Waals surface area (Å²) in [5.41, 5.74) is 3.07. The van der Waals surface area contributed by atoms with Crippen molar-refractivity contribution in [1.29, 1.82) is 0 Å². The average molecular weight is 412 g/mol. The second-order valence-corrected chi connectivity index (χ2v) is 7.66. The van der Waals surface area contributed by atoms with Crippen molar-refractivity contribution in [1.82, 2.24) is 9.88 Å². The molecule has 26 heavy (non-hydrogen) atoms. The van der Waals surface area contributed by atoms with Gasteiger partial charge >= 0.3 is 0 Å². The lowest BCUT2D eigenvalue weighted by atomic mass is 10.2. The monoisotopic (exact) mass is 410 g/mol. The molecule has 0 aliphatic carbocycles. The van der Waals surface area contributed by atoms with Gasteiger partial charge in [-0.15, -0.1) is 0 Å². The standard InChI is InChI=1S/C19H21Cl3N4/c1-12-8-13(2)23-19(9-12)24-14(3)25-4-6-26(7-5-25)18-11-16(21)15(20)10-17(18)22/h8-11H,3-7H2,1-2H3,(H,23,24). The molecular formula is C19H21Cl3N4. The molecule has 0 saturated carbocycles. The van der Waals surface area contributed by atoms with Crippen molar-refractivity contribution in [2.45, 2.75) is 13.8 Å². The Morgan fingerprint density at radius 1 is 0.962 bits per heavy atom. The molecule has 0 amide bonds. The van der Waals surface area contributed by atoms with E-state index in [2.05, 4.69) is 33.6 Å². The second kappa shape index (κ2) is 7.95. The van der Waals surface area contributed by atoms with E-state index >= 15 is 0 Å². The van der Waals surface area contributed by atoms with Crippen LogP contribution in [0.4, 0.5) is 11.5 Å². The Morgan fingerprint density at radius 2 is 1.62 bits per heavy atom. The summed E-state index contributed by atoms with van der Waals surface area (Å²) in [6.45, 7) is 11.5. The van der Waals surface area contributed by atoms with Crippen LogP contribution in [0.3, 0.4) is 0 Å². The molecule has 1 aliphatic rings. The number of nitrogens with one attached hydrogen (secondary N) is 1. The highest BCUT2D eigenvalue weighted by atomic mass is 35.5. The van der Waals surface area contributed by atoms with Crippen molar-refractivity contribution in [3.63, 3.8) is 0 Å². The van der Waals surface area contributed by atoms with Crippen molar-refractivity contribution in [3.8, 4) is 0 Å². The summed E-state index contributed by atoms with van der Waals surface area (Å²) in [7, 11) is 0. The minimum atomic E-state index is 0.470. The predicted octanol–water partition coefficient (Wildman–Crippen LogP) is 5.36. The summed E-state index contributed by atoms with van der Waals surface area (Å²) in [5, 5.41) is 4.91. The van der Waals surface area contributed by atoms with Gasteiger partial charge in [-0.25, -0.2) is 4.98 Å². The Balaban J connectivity index is 1.63. The fourth-order valence-electron chi connectivity index (χ4n) is 3.10. The predicted molar refractivity (Wildman–Crippen MR) is 112 cm³/mol. The number of halogens is 3. The van der Waals surface area contributed by atoms with Gasteiger partial charge in [0.25, 0.3) is 0 Å². The summed E-state index contributed by atoms with van der Waals surface area (Å²) < 4.78 is 0. The van der Waals surface area contributed by atoms with Crippen molar-refractivity contribution in [3.05, 3.63) is 63.0 Å². The number of aromatic nitrogens is 1. The van der Waals surface area contributed by atoms with Gasteiger partial charge in [0, 0.05) is 31.9 Å². The molecule has 0 radical (unpaired) electrons. The minimum Gasteiger partial charge on any atom is -0.367 e. The molecule has 0 spiro atoms. The van der Waals surface area contributed by atoms with E-state index in [9.17, 15) is 0 Å². The fraction of sp³-hybridized carbons (Fsp3) is 0.316. The van der Waals surface area contributed by atoms with Crippen LogP contribution in [0.25, 0.3) is 0 Å². The number of pyridine rings is 1. The molecule has 2 aromatic rings. The van der Waals surface area contributed by atoms with Crippen LogP contribution < -0.4 is 10.2 Å². The molecule has 2 heterocycles. The maximum absolute atomic E-state index is 6.33. The first kappa shape index (κ1) is 19.2. The highest BCUT2D eigenvalue weighted by Gasteiger charge is 2.21. The maximum Gasteiger partial charge on any atom is 0.131 e. The topological polar surface area (TPSA) is 31.4 Å². The lowest BCUT2D eigenvalue weighted by molar-refractivity contribution is 0.325. The van der Waals surface area contributed by atoms with Crippen LogP contribution in [0.15, 0.2) is 36.7 Å². The Labute approximate surface area is 169 Å². The van der Waals surface area contributed by atoms with Crippen LogP contribution in [-0.4, -0.2) is 36.1 Å². The Bertz CT molecular complexity index is 810. The molecule has 7 heteroatoms. The summed E-state index contributed by atoms with van der Waals surface area (Å²) in [6.07, 6.45) is 0. The first-order chi connectivity index (χ1) is 12.3. The largest absolute Gasteiger partial charge is 0.367 e. The van der Waals surface area contributed by atoms with Crippen LogP contribution in [0.2, 0.25) is 15.1 Å².